The number of benzene rings is 1. The number of nitrogens with one attached hydrogen (secondary N) is 1. The number of hydrogen-bond donors (Lipinski definition) is 2. The molecule has 3 rings (SSSR count). The van der Waals surface area contributed by atoms with E-state index in [0.717, 1.165) is 6.04 Å². The average Bonchev–Trinajstić information content (AvgIpc) is 3.20. The van der Waals surface area contributed by atoms with Crippen molar-refractivity contribution in [1.82, 2.24) is 19.7 Å². The van der Waals surface area contributed by atoms with Gasteiger partial charge in [-0.05, 0) is 41.3 Å². The number of pyridine rings is 1. The van der Waals surface area contributed by atoms with Crippen molar-refractivity contribution < 1.29 is 22.6 Å². The number of anilines is 2. The highest BCUT2D eigenvalue weighted by Gasteiger charge is 2.21. The molecule has 0 amide bonds. The van der Waals surface area contributed by atoms with Crippen molar-refractivity contribution in [2.75, 3.05) is 19.0 Å². The number of nitrogens with zero attached hydrogens (tertiary/aromatic N) is 4. The largest absolute Gasteiger partial charge is 0.481 e. The van der Waals surface area contributed by atoms with Crippen molar-refractivity contribution in [3.05, 3.63) is 41.8 Å². The zero-order chi connectivity index (χ0) is 25.8. The fourth-order valence-corrected chi connectivity index (χ4v) is 4.45. The van der Waals surface area contributed by atoms with Gasteiger partial charge in [0.15, 0.2) is 0 Å². The van der Waals surface area contributed by atoms with Gasteiger partial charge < -0.3 is 14.8 Å². The van der Waals surface area contributed by atoms with E-state index >= 15 is 0 Å². The number of halogens is 1. The normalized spacial score (nSPS) is 12.7. The van der Waals surface area contributed by atoms with Crippen LogP contribution in [-0.4, -0.2) is 50.3 Å². The van der Waals surface area contributed by atoms with E-state index in [2.05, 4.69) is 40.0 Å². The molecule has 1 unspecified atom stereocenters. The zero-order valence-corrected chi connectivity index (χ0v) is 22.6. The first kappa shape index (κ1) is 26.9. The Balaban J connectivity index is 2.04. The summed E-state index contributed by atoms with van der Waals surface area (Å²) in [4.78, 5) is 8.35. The minimum atomic E-state index is -2.38. The fraction of sp³-hybridized carbons (Fsp3) is 0.435. The molecule has 2 N–H and O–H groups in total. The quantitative estimate of drug-likeness (QED) is 0.200. The lowest BCUT2D eigenvalue weighted by atomic mass is 9.94. The molecule has 0 aliphatic carbocycles. The molecule has 0 saturated heterocycles. The molecule has 1 atom stereocenters. The monoisotopic (exact) mass is 521 g/mol. The Morgan fingerprint density at radius 1 is 1.26 bits per heavy atom. The summed E-state index contributed by atoms with van der Waals surface area (Å²) >= 11 is -2.38. The molecule has 35 heavy (non-hydrogen) atoms. The lowest BCUT2D eigenvalue weighted by molar-refractivity contribution is 0.0792. The van der Waals surface area contributed by atoms with Crippen molar-refractivity contribution in [2.24, 2.45) is 0 Å². The zero-order valence-electron chi connectivity index (χ0n) is 20.8. The summed E-state index contributed by atoms with van der Waals surface area (Å²) in [6.45, 7) is 11.3. The average molecular weight is 522 g/mol. The van der Waals surface area contributed by atoms with Gasteiger partial charge in [-0.2, -0.15) is 4.98 Å². The molecule has 0 saturated carbocycles. The van der Waals surface area contributed by atoms with Gasteiger partial charge in [-0.1, -0.05) is 33.5 Å². The smallest absolute Gasteiger partial charge is 0.268 e. The van der Waals surface area contributed by atoms with Gasteiger partial charge >= 0.3 is 0 Å². The first-order chi connectivity index (χ1) is 16.5. The molecule has 2 aromatic heterocycles. The van der Waals surface area contributed by atoms with Crippen LogP contribution in [0.15, 0.2) is 35.6 Å². The Bertz CT molecular complexity index is 1200. The van der Waals surface area contributed by atoms with Crippen LogP contribution in [0, 0.1) is 5.82 Å². The molecule has 0 spiro atoms. The topological polar surface area (TPSA) is 111 Å². The molecule has 3 aromatic rings. The molecular weight excluding hydrogens is 489 g/mol. The second-order valence-electron chi connectivity index (χ2n) is 9.60. The maximum absolute atomic E-state index is 14.7. The summed E-state index contributed by atoms with van der Waals surface area (Å²) in [5, 5.41) is 7.12. The third kappa shape index (κ3) is 7.16. The van der Waals surface area contributed by atoms with Crippen LogP contribution in [0.3, 0.4) is 0 Å². The minimum absolute atomic E-state index is 0.0357. The number of aromatic nitrogens is 4. The van der Waals surface area contributed by atoms with Crippen molar-refractivity contribution in [2.45, 2.75) is 57.3 Å². The summed E-state index contributed by atoms with van der Waals surface area (Å²) in [5.41, 5.74) is 2.55. The van der Waals surface area contributed by atoms with E-state index in [4.69, 9.17) is 9.47 Å². The van der Waals surface area contributed by atoms with Crippen molar-refractivity contribution in [3.63, 3.8) is 0 Å². The predicted molar refractivity (Wildman–Crippen MR) is 137 cm³/mol. The summed E-state index contributed by atoms with van der Waals surface area (Å²) in [6.07, 6.45) is 1.58. The van der Waals surface area contributed by atoms with Gasteiger partial charge in [0.25, 0.3) is 5.16 Å². The van der Waals surface area contributed by atoms with Crippen LogP contribution in [0.25, 0.3) is 11.1 Å². The first-order valence-electron chi connectivity index (χ1n) is 11.2. The Hall–Kier alpha value is -2.67. The van der Waals surface area contributed by atoms with Crippen LogP contribution in [0.4, 0.5) is 16.0 Å². The molecule has 2 heterocycles. The fourth-order valence-electron chi connectivity index (χ4n) is 3.36. The standard InChI is InChI=1S/C23H32FN5O4SSi/c1-15(2)18-12-17(24)13-19(16-7-8-25-20(11-16)32-3)21(18)26-22-27-23(34(30)31)28-29(22)14-33-9-10-35(4,5)6/h7-8,11-13,15H,9-10,14H2,1-6H3,(H,30,31)(H,26,27,28). The van der Waals surface area contributed by atoms with E-state index in [1.165, 1.54) is 23.9 Å². The summed E-state index contributed by atoms with van der Waals surface area (Å²) < 4.78 is 48.4. The Morgan fingerprint density at radius 2 is 2.00 bits per heavy atom. The van der Waals surface area contributed by atoms with Gasteiger partial charge in [-0.15, -0.1) is 5.10 Å². The third-order valence-electron chi connectivity index (χ3n) is 5.27. The van der Waals surface area contributed by atoms with Gasteiger partial charge in [0.2, 0.25) is 22.9 Å². The SMILES string of the molecule is COc1cc(-c2cc(F)cc(C(C)C)c2Nc2nc(S(=O)O)nn2COCC[Si](C)(C)C)ccn1. The van der Waals surface area contributed by atoms with Gasteiger partial charge in [0.05, 0.1) is 12.8 Å². The van der Waals surface area contributed by atoms with Crippen LogP contribution in [-0.2, 0) is 22.5 Å². The molecule has 1 aromatic carbocycles. The van der Waals surface area contributed by atoms with Crippen molar-refractivity contribution in [3.8, 4) is 17.0 Å². The Morgan fingerprint density at radius 3 is 2.63 bits per heavy atom. The number of methoxy groups -OCH3 is 1. The molecule has 0 aliphatic heterocycles. The number of ether oxygens (including phenoxy) is 2. The van der Waals surface area contributed by atoms with Gasteiger partial charge in [-0.3, -0.25) is 4.55 Å². The highest BCUT2D eigenvalue weighted by molar-refractivity contribution is 7.79. The lowest BCUT2D eigenvalue weighted by Gasteiger charge is -2.20. The highest BCUT2D eigenvalue weighted by Crippen LogP contribution is 2.38. The summed E-state index contributed by atoms with van der Waals surface area (Å²) in [6, 6.07) is 7.31. The molecule has 9 nitrogen and oxygen atoms in total. The third-order valence-corrected chi connectivity index (χ3v) is 7.46. The number of rotatable bonds is 11. The van der Waals surface area contributed by atoms with E-state index in [0.29, 0.717) is 34.9 Å². The summed E-state index contributed by atoms with van der Waals surface area (Å²) in [5.74, 6) is 0.178. The van der Waals surface area contributed by atoms with E-state index < -0.39 is 25.0 Å². The molecule has 0 fully saturated rings. The molecule has 12 heteroatoms. The maximum atomic E-state index is 14.7. The van der Waals surface area contributed by atoms with Crippen molar-refractivity contribution in [1.29, 1.82) is 0 Å². The molecule has 0 aliphatic rings. The van der Waals surface area contributed by atoms with Gasteiger partial charge in [-0.25, -0.2) is 18.3 Å². The molecule has 190 valence electrons. The van der Waals surface area contributed by atoms with Crippen LogP contribution >= 0.6 is 0 Å². The Labute approximate surface area is 208 Å². The number of hydrogen-bond acceptors (Lipinski definition) is 7. The molecule has 0 radical (unpaired) electrons. The highest BCUT2D eigenvalue weighted by atomic mass is 32.2. The minimum Gasteiger partial charge on any atom is -0.481 e. The lowest BCUT2D eigenvalue weighted by Crippen LogP contribution is -2.22. The van der Waals surface area contributed by atoms with E-state index in [-0.39, 0.29) is 23.8 Å². The second kappa shape index (κ2) is 11.4. The maximum Gasteiger partial charge on any atom is 0.268 e. The van der Waals surface area contributed by atoms with E-state index in [1.807, 2.05) is 13.8 Å². The van der Waals surface area contributed by atoms with Crippen LogP contribution in [0.1, 0.15) is 25.3 Å². The van der Waals surface area contributed by atoms with Crippen LogP contribution < -0.4 is 10.1 Å². The Kier molecular flexibility index (Phi) is 8.75. The molecular formula is C23H32FN5O4SSi. The van der Waals surface area contributed by atoms with Gasteiger partial charge in [0.1, 0.15) is 12.5 Å². The first-order valence-corrected chi connectivity index (χ1v) is 16.0. The predicted octanol–water partition coefficient (Wildman–Crippen LogP) is 5.25. The van der Waals surface area contributed by atoms with E-state index in [9.17, 15) is 13.2 Å². The van der Waals surface area contributed by atoms with Crippen LogP contribution in [0.5, 0.6) is 5.88 Å². The summed E-state index contributed by atoms with van der Waals surface area (Å²) in [7, 11) is 0.225. The molecule has 0 bridgehead atoms. The van der Waals surface area contributed by atoms with E-state index in [1.54, 1.807) is 18.3 Å². The van der Waals surface area contributed by atoms with Gasteiger partial charge in [0, 0.05) is 32.5 Å². The van der Waals surface area contributed by atoms with Crippen LogP contribution in [0.2, 0.25) is 25.7 Å². The second-order valence-corrected chi connectivity index (χ2v) is 16.1. The van der Waals surface area contributed by atoms with Crippen molar-refractivity contribution >= 4 is 30.8 Å².